The van der Waals surface area contributed by atoms with E-state index in [0.717, 1.165) is 50.3 Å². The van der Waals surface area contributed by atoms with Crippen molar-refractivity contribution in [3.63, 3.8) is 0 Å². The summed E-state index contributed by atoms with van der Waals surface area (Å²) >= 11 is 1.63. The van der Waals surface area contributed by atoms with Gasteiger partial charge in [0.2, 0.25) is 10.0 Å². The number of benzene rings is 1. The quantitative estimate of drug-likeness (QED) is 0.856. The molecule has 7 heteroatoms. The SMILES string of the molecule is O=S(=O)(NCC1(c2cccs2)CCCCC1)c1ccc(F)c(F)c1. The highest BCUT2D eigenvalue weighted by Gasteiger charge is 2.36. The fourth-order valence-corrected chi connectivity index (χ4v) is 5.41. The molecule has 1 fully saturated rings. The first-order valence-electron chi connectivity index (χ1n) is 7.92. The van der Waals surface area contributed by atoms with Crippen LogP contribution >= 0.6 is 11.3 Å². The fourth-order valence-electron chi connectivity index (χ4n) is 3.28. The van der Waals surface area contributed by atoms with Crippen LogP contribution in [0.3, 0.4) is 0 Å². The Hall–Kier alpha value is -1.31. The van der Waals surface area contributed by atoms with E-state index in [-0.39, 0.29) is 16.9 Å². The van der Waals surface area contributed by atoms with Gasteiger partial charge >= 0.3 is 0 Å². The number of halogens is 2. The lowest BCUT2D eigenvalue weighted by Gasteiger charge is -2.36. The van der Waals surface area contributed by atoms with Gasteiger partial charge in [-0.2, -0.15) is 0 Å². The smallest absolute Gasteiger partial charge is 0.210 e. The van der Waals surface area contributed by atoms with Crippen LogP contribution in [0.4, 0.5) is 8.78 Å². The summed E-state index contributed by atoms with van der Waals surface area (Å²) in [6, 6.07) is 6.65. The maximum atomic E-state index is 13.3. The van der Waals surface area contributed by atoms with Gasteiger partial charge in [-0.3, -0.25) is 0 Å². The van der Waals surface area contributed by atoms with Crippen molar-refractivity contribution in [2.24, 2.45) is 0 Å². The number of nitrogens with one attached hydrogen (secondary N) is 1. The van der Waals surface area contributed by atoms with E-state index in [1.807, 2.05) is 17.5 Å². The average molecular weight is 371 g/mol. The molecule has 1 aliphatic rings. The minimum absolute atomic E-state index is 0.210. The summed E-state index contributed by atoms with van der Waals surface area (Å²) < 4.78 is 53.9. The molecule has 0 aliphatic heterocycles. The van der Waals surface area contributed by atoms with E-state index in [1.165, 1.54) is 4.88 Å². The van der Waals surface area contributed by atoms with Crippen LogP contribution in [0.2, 0.25) is 0 Å². The van der Waals surface area contributed by atoms with Crippen molar-refractivity contribution in [1.29, 1.82) is 0 Å². The maximum Gasteiger partial charge on any atom is 0.240 e. The van der Waals surface area contributed by atoms with Crippen molar-refractivity contribution in [3.8, 4) is 0 Å². The maximum absolute atomic E-state index is 13.3. The first-order chi connectivity index (χ1) is 11.4. The van der Waals surface area contributed by atoms with Crippen LogP contribution in [0, 0.1) is 11.6 Å². The molecule has 1 saturated carbocycles. The highest BCUT2D eigenvalue weighted by Crippen LogP contribution is 2.41. The summed E-state index contributed by atoms with van der Waals surface area (Å²) in [6.45, 7) is 0.273. The Balaban J connectivity index is 1.82. The number of thiophene rings is 1. The van der Waals surface area contributed by atoms with Crippen LogP contribution in [0.15, 0.2) is 40.6 Å². The Morgan fingerprint density at radius 3 is 2.46 bits per heavy atom. The van der Waals surface area contributed by atoms with E-state index in [1.54, 1.807) is 11.3 Å². The first kappa shape index (κ1) is 17.5. The molecule has 0 unspecified atom stereocenters. The monoisotopic (exact) mass is 371 g/mol. The summed E-state index contributed by atoms with van der Waals surface area (Å²) in [5.74, 6) is -2.22. The average Bonchev–Trinajstić information content (AvgIpc) is 3.12. The van der Waals surface area contributed by atoms with E-state index >= 15 is 0 Å². The second-order valence-corrected chi connectivity index (χ2v) is 8.93. The van der Waals surface area contributed by atoms with Crippen LogP contribution in [0.25, 0.3) is 0 Å². The van der Waals surface area contributed by atoms with Crippen molar-refractivity contribution >= 4 is 21.4 Å². The Bertz CT molecular complexity index is 798. The standard InChI is InChI=1S/C17H19F2NO2S2/c18-14-7-6-13(11-15(14)19)24(21,22)20-12-17(8-2-1-3-9-17)16-5-4-10-23-16/h4-7,10-11,20H,1-3,8-9,12H2. The summed E-state index contributed by atoms with van der Waals surface area (Å²) in [5.41, 5.74) is -0.210. The van der Waals surface area contributed by atoms with Gasteiger partial charge in [-0.25, -0.2) is 21.9 Å². The van der Waals surface area contributed by atoms with Crippen molar-refractivity contribution in [2.75, 3.05) is 6.54 Å². The van der Waals surface area contributed by atoms with Crippen LogP contribution in [-0.2, 0) is 15.4 Å². The normalized spacial score (nSPS) is 17.8. The molecule has 0 amide bonds. The molecular weight excluding hydrogens is 352 g/mol. The molecular formula is C17H19F2NO2S2. The predicted molar refractivity (Wildman–Crippen MR) is 90.6 cm³/mol. The van der Waals surface area contributed by atoms with E-state index in [2.05, 4.69) is 4.72 Å². The topological polar surface area (TPSA) is 46.2 Å². The Kier molecular flexibility index (Phi) is 5.03. The third kappa shape index (κ3) is 3.53. The second-order valence-electron chi connectivity index (χ2n) is 6.22. The second kappa shape index (κ2) is 6.90. The zero-order valence-electron chi connectivity index (χ0n) is 13.1. The van der Waals surface area contributed by atoms with Crippen LogP contribution < -0.4 is 4.72 Å². The molecule has 0 bridgehead atoms. The van der Waals surface area contributed by atoms with Gasteiger partial charge in [-0.1, -0.05) is 25.3 Å². The van der Waals surface area contributed by atoms with Gasteiger partial charge < -0.3 is 0 Å². The third-order valence-electron chi connectivity index (χ3n) is 4.66. The zero-order valence-corrected chi connectivity index (χ0v) is 14.7. The van der Waals surface area contributed by atoms with Crippen LogP contribution in [0.5, 0.6) is 0 Å². The zero-order chi connectivity index (χ0) is 17.2. The van der Waals surface area contributed by atoms with Gasteiger partial charge in [0.1, 0.15) is 0 Å². The molecule has 0 saturated heterocycles. The number of sulfonamides is 1. The molecule has 1 aliphatic carbocycles. The highest BCUT2D eigenvalue weighted by molar-refractivity contribution is 7.89. The third-order valence-corrected chi connectivity index (χ3v) is 7.17. The number of hydrogen-bond acceptors (Lipinski definition) is 3. The van der Waals surface area contributed by atoms with Gasteiger partial charge in [-0.15, -0.1) is 11.3 Å². The molecule has 0 atom stereocenters. The first-order valence-corrected chi connectivity index (χ1v) is 10.3. The Morgan fingerprint density at radius 1 is 1.08 bits per heavy atom. The molecule has 1 heterocycles. The van der Waals surface area contributed by atoms with Gasteiger partial charge in [0.05, 0.1) is 4.90 Å². The summed E-state index contributed by atoms with van der Waals surface area (Å²) in [4.78, 5) is 0.925. The van der Waals surface area contributed by atoms with Crippen molar-refractivity contribution in [2.45, 2.75) is 42.4 Å². The molecule has 1 aromatic carbocycles. The summed E-state index contributed by atoms with van der Waals surface area (Å²) in [5, 5.41) is 2.00. The van der Waals surface area contributed by atoms with Crippen molar-refractivity contribution < 1.29 is 17.2 Å². The lowest BCUT2D eigenvalue weighted by Crippen LogP contribution is -2.41. The molecule has 3 rings (SSSR count). The van der Waals surface area contributed by atoms with Gasteiger partial charge in [0.15, 0.2) is 11.6 Å². The molecule has 0 radical (unpaired) electrons. The van der Waals surface area contributed by atoms with Crippen LogP contribution in [0.1, 0.15) is 37.0 Å². The predicted octanol–water partition coefficient (Wildman–Crippen LogP) is 4.21. The lowest BCUT2D eigenvalue weighted by molar-refractivity contribution is 0.298. The van der Waals surface area contributed by atoms with Gasteiger partial charge in [-0.05, 0) is 42.5 Å². The van der Waals surface area contributed by atoms with Crippen molar-refractivity contribution in [3.05, 3.63) is 52.2 Å². The van der Waals surface area contributed by atoms with Gasteiger partial charge in [0, 0.05) is 16.8 Å². The minimum atomic E-state index is -3.88. The van der Waals surface area contributed by atoms with E-state index in [9.17, 15) is 17.2 Å². The molecule has 1 N–H and O–H groups in total. The summed E-state index contributed by atoms with van der Waals surface area (Å²) in [7, 11) is -3.88. The largest absolute Gasteiger partial charge is 0.240 e. The number of hydrogen-bond donors (Lipinski definition) is 1. The molecule has 24 heavy (non-hydrogen) atoms. The van der Waals surface area contributed by atoms with E-state index < -0.39 is 21.7 Å². The highest BCUT2D eigenvalue weighted by atomic mass is 32.2. The van der Waals surface area contributed by atoms with Crippen LogP contribution in [-0.4, -0.2) is 15.0 Å². The molecule has 3 nitrogen and oxygen atoms in total. The molecule has 130 valence electrons. The number of rotatable bonds is 5. The van der Waals surface area contributed by atoms with Gasteiger partial charge in [0.25, 0.3) is 0 Å². The summed E-state index contributed by atoms with van der Waals surface area (Å²) in [6.07, 6.45) is 5.13. The van der Waals surface area contributed by atoms with Crippen molar-refractivity contribution in [1.82, 2.24) is 4.72 Å². The molecule has 1 aromatic heterocycles. The minimum Gasteiger partial charge on any atom is -0.210 e. The molecule has 2 aromatic rings. The Labute approximate surface area is 144 Å². The molecule has 0 spiro atoms. The van der Waals surface area contributed by atoms with E-state index in [0.29, 0.717) is 0 Å². The lowest BCUT2D eigenvalue weighted by atomic mass is 9.73. The van der Waals surface area contributed by atoms with E-state index in [4.69, 9.17) is 0 Å². The fraction of sp³-hybridized carbons (Fsp3) is 0.412. The Morgan fingerprint density at radius 2 is 1.83 bits per heavy atom.